The minimum absolute atomic E-state index is 0. The van der Waals surface area contributed by atoms with Gasteiger partial charge in [0, 0.05) is 0 Å². The van der Waals surface area contributed by atoms with Gasteiger partial charge in [-0.1, -0.05) is 0 Å². The van der Waals surface area contributed by atoms with Crippen molar-refractivity contribution in [3.8, 4) is 0 Å². The summed E-state index contributed by atoms with van der Waals surface area (Å²) in [5, 5.41) is 0. The van der Waals surface area contributed by atoms with Gasteiger partial charge in [-0.25, -0.2) is 0 Å². The first kappa shape index (κ1) is 24.0. The van der Waals surface area contributed by atoms with Crippen molar-refractivity contribution in [3.05, 3.63) is 0 Å². The molecule has 0 fully saturated rings. The van der Waals surface area contributed by atoms with Gasteiger partial charge in [-0.3, -0.25) is 18.2 Å². The molecule has 8 nitrogen and oxygen atoms in total. The van der Waals surface area contributed by atoms with E-state index >= 15 is 0 Å². The molecule has 0 aliphatic heterocycles. The molecule has 12 heteroatoms. The molecule has 0 spiro atoms. The molecule has 12 heavy (non-hydrogen) atoms. The summed E-state index contributed by atoms with van der Waals surface area (Å²) in [6.07, 6.45) is 0. The Labute approximate surface area is 136 Å². The van der Waals surface area contributed by atoms with Gasteiger partial charge in [-0.2, -0.15) is 16.8 Å². The summed E-state index contributed by atoms with van der Waals surface area (Å²) in [7, 11) is -9.33. The van der Waals surface area contributed by atoms with E-state index in [9.17, 15) is 0 Å². The van der Waals surface area contributed by atoms with Gasteiger partial charge >= 0.3 is 104 Å². The molecule has 4 N–H and O–H groups in total. The number of rotatable bonds is 0. The molecule has 0 aliphatic carbocycles. The van der Waals surface area contributed by atoms with Crippen molar-refractivity contribution in [1.29, 1.82) is 0 Å². The van der Waals surface area contributed by atoms with E-state index in [4.69, 9.17) is 35.0 Å². The van der Waals surface area contributed by atoms with Crippen molar-refractivity contribution < 1.29 is 35.0 Å². The third kappa shape index (κ3) is 267. The van der Waals surface area contributed by atoms with Crippen LogP contribution in [0.25, 0.3) is 0 Å². The molecule has 0 saturated heterocycles. The molecular formula is H8CaO8S2Sr. The zero-order chi connectivity index (χ0) is 9.00. The van der Waals surface area contributed by atoms with Gasteiger partial charge in [0.05, 0.1) is 0 Å². The Morgan fingerprint density at radius 2 is 0.667 bits per heavy atom. The summed E-state index contributed by atoms with van der Waals surface area (Å²) >= 11 is 0. The van der Waals surface area contributed by atoms with E-state index in [1.54, 1.807) is 0 Å². The van der Waals surface area contributed by atoms with Crippen LogP contribution in [-0.2, 0) is 20.8 Å². The molecule has 0 rings (SSSR count). The predicted octanol–water partition coefficient (Wildman–Crippen LogP) is -3.14. The molecule has 0 aromatic rings. The van der Waals surface area contributed by atoms with Gasteiger partial charge in [0.15, 0.2) is 0 Å². The predicted molar refractivity (Wildman–Crippen MR) is 45.4 cm³/mol. The molecule has 0 aromatic heterocycles. The molecule has 0 atom stereocenters. The molecule has 0 radical (unpaired) electrons. The van der Waals surface area contributed by atoms with Gasteiger partial charge in [0.25, 0.3) is 0 Å². The van der Waals surface area contributed by atoms with Crippen LogP contribution in [0.5, 0.6) is 0 Å². The molecule has 0 heterocycles. The van der Waals surface area contributed by atoms with Crippen LogP contribution in [0.1, 0.15) is 0 Å². The molecule has 0 aromatic carbocycles. The standard InChI is InChI=1S/Ca.2H2O4S.Sr.4H/c;2*1-5(2,3)4;;;;;/h;2*(H2,1,2,3,4);;;;;. The van der Waals surface area contributed by atoms with Crippen molar-refractivity contribution in [2.24, 2.45) is 0 Å². The quantitative estimate of drug-likeness (QED) is 0.269. The normalized spacial score (nSPS) is 9.67. The van der Waals surface area contributed by atoms with Crippen LogP contribution in [0.3, 0.4) is 0 Å². The Balaban J connectivity index is -0.0000000457. The summed E-state index contributed by atoms with van der Waals surface area (Å²) in [4.78, 5) is 0. The van der Waals surface area contributed by atoms with E-state index in [2.05, 4.69) is 0 Å². The topological polar surface area (TPSA) is 149 Å². The van der Waals surface area contributed by atoms with Crippen molar-refractivity contribution in [2.45, 2.75) is 0 Å². The van der Waals surface area contributed by atoms with Crippen LogP contribution in [0.4, 0.5) is 0 Å². The van der Waals surface area contributed by atoms with Gasteiger partial charge in [-0.05, 0) is 0 Å². The minimum atomic E-state index is -4.67. The van der Waals surface area contributed by atoms with Crippen LogP contribution in [0.2, 0.25) is 0 Å². The molecular weight excluding hydrogens is 320 g/mol. The third-order valence-corrected chi connectivity index (χ3v) is 0. The summed E-state index contributed by atoms with van der Waals surface area (Å²) < 4.78 is 63.2. The molecule has 0 saturated carbocycles. The van der Waals surface area contributed by atoms with E-state index < -0.39 is 20.8 Å². The van der Waals surface area contributed by atoms with Crippen LogP contribution in [0.15, 0.2) is 0 Å². The first-order valence-corrected chi connectivity index (χ1v) is 4.19. The van der Waals surface area contributed by atoms with E-state index in [1.807, 2.05) is 0 Å². The fraction of sp³-hybridized carbons (Fsp3) is 0. The van der Waals surface area contributed by atoms with Gasteiger partial charge in [0.1, 0.15) is 0 Å². The fourth-order valence-corrected chi connectivity index (χ4v) is 0. The maximum atomic E-state index is 8.74. The summed E-state index contributed by atoms with van der Waals surface area (Å²) in [6.45, 7) is 0. The average Bonchev–Trinajstić information content (AvgIpc) is 1.12. The van der Waals surface area contributed by atoms with Crippen molar-refractivity contribution in [2.75, 3.05) is 0 Å². The van der Waals surface area contributed by atoms with Gasteiger partial charge < -0.3 is 0 Å². The van der Waals surface area contributed by atoms with Crippen molar-refractivity contribution >= 4 is 104 Å². The van der Waals surface area contributed by atoms with Gasteiger partial charge in [0.2, 0.25) is 0 Å². The Morgan fingerprint density at radius 1 is 0.667 bits per heavy atom. The molecule has 0 unspecified atom stereocenters. The monoisotopic (exact) mass is 328 g/mol. The van der Waals surface area contributed by atoms with Crippen LogP contribution >= 0.6 is 0 Å². The summed E-state index contributed by atoms with van der Waals surface area (Å²) in [5.41, 5.74) is 0. The number of hydrogen-bond donors (Lipinski definition) is 4. The summed E-state index contributed by atoms with van der Waals surface area (Å²) in [6, 6.07) is 0. The van der Waals surface area contributed by atoms with Crippen molar-refractivity contribution in [3.63, 3.8) is 0 Å². The summed E-state index contributed by atoms with van der Waals surface area (Å²) in [5.74, 6) is 0. The fourth-order valence-electron chi connectivity index (χ4n) is 0. The molecule has 0 amide bonds. The maximum absolute atomic E-state index is 8.74. The molecule has 72 valence electrons. The van der Waals surface area contributed by atoms with Crippen molar-refractivity contribution in [1.82, 2.24) is 0 Å². The Hall–Kier alpha value is 2.48. The Bertz CT molecular complexity index is 213. The SMILES string of the molecule is O=S(=O)(O)O.O=S(=O)(O)O.[CaH2].[SrH2]. The zero-order valence-electron chi connectivity index (χ0n) is 4.24. The van der Waals surface area contributed by atoms with Gasteiger partial charge in [-0.15, -0.1) is 0 Å². The van der Waals surface area contributed by atoms with E-state index in [0.717, 1.165) is 0 Å². The first-order valence-electron chi connectivity index (χ1n) is 1.40. The first-order chi connectivity index (χ1) is 4.00. The van der Waals surface area contributed by atoms with Crippen LogP contribution in [0, 0.1) is 0 Å². The van der Waals surface area contributed by atoms with E-state index in [-0.39, 0.29) is 83.2 Å². The van der Waals surface area contributed by atoms with Crippen LogP contribution < -0.4 is 0 Å². The Morgan fingerprint density at radius 3 is 0.667 bits per heavy atom. The third-order valence-electron chi connectivity index (χ3n) is 0. The van der Waals surface area contributed by atoms with E-state index in [1.165, 1.54) is 0 Å². The second-order valence-electron chi connectivity index (χ2n) is 0.896. The molecule has 0 bridgehead atoms. The second-order valence-corrected chi connectivity index (χ2v) is 2.69. The Kier molecular flexibility index (Phi) is 20.0. The molecule has 0 aliphatic rings. The average molecular weight is 328 g/mol. The van der Waals surface area contributed by atoms with E-state index in [0.29, 0.717) is 0 Å². The number of hydrogen-bond acceptors (Lipinski definition) is 4. The van der Waals surface area contributed by atoms with Crippen LogP contribution in [-0.4, -0.2) is 118 Å². The zero-order valence-corrected chi connectivity index (χ0v) is 5.87. The second kappa shape index (κ2) is 10.0.